The molecule has 0 aromatic heterocycles. The predicted octanol–water partition coefficient (Wildman–Crippen LogP) is -0.0523. The number of nitrogens with one attached hydrogen (secondary N) is 1. The molecule has 0 spiro atoms. The number of carbonyl (C=O) groups excluding carboxylic acids is 1. The van der Waals surface area contributed by atoms with E-state index >= 15 is 0 Å². The van der Waals surface area contributed by atoms with Gasteiger partial charge in [0.2, 0.25) is 0 Å². The predicted molar refractivity (Wildman–Crippen MR) is 77.0 cm³/mol. The van der Waals surface area contributed by atoms with Gasteiger partial charge in [-0.15, -0.1) is 0 Å². The van der Waals surface area contributed by atoms with Gasteiger partial charge < -0.3 is 25.3 Å². The molecule has 2 fully saturated rings. The van der Waals surface area contributed by atoms with Crippen molar-refractivity contribution in [3.63, 3.8) is 0 Å². The first-order chi connectivity index (χ1) is 10.0. The quantitative estimate of drug-likeness (QED) is 0.677. The highest BCUT2D eigenvalue weighted by atomic mass is 16.4. The van der Waals surface area contributed by atoms with Crippen molar-refractivity contribution in [3.05, 3.63) is 0 Å². The van der Waals surface area contributed by atoms with E-state index in [-0.39, 0.29) is 19.0 Å². The van der Waals surface area contributed by atoms with E-state index in [1.54, 1.807) is 0 Å². The molecule has 0 bridgehead atoms. The molecule has 0 aliphatic carbocycles. The van der Waals surface area contributed by atoms with Crippen LogP contribution in [0.1, 0.15) is 26.2 Å². The van der Waals surface area contributed by atoms with Crippen LogP contribution < -0.4 is 5.32 Å². The number of amides is 2. The molecule has 120 valence electrons. The number of β-amino-alcohol motifs (C(OH)–C–C–N with tert-alkyl or cyclic N) is 1. The molecule has 0 radical (unpaired) electrons. The van der Waals surface area contributed by atoms with Gasteiger partial charge in [-0.25, -0.2) is 9.59 Å². The van der Waals surface area contributed by atoms with Crippen molar-refractivity contribution in [2.75, 3.05) is 32.7 Å². The zero-order valence-electron chi connectivity index (χ0n) is 12.5. The fourth-order valence-electron chi connectivity index (χ4n) is 3.11. The molecule has 7 nitrogen and oxygen atoms in total. The number of nitrogens with zero attached hydrogens (tertiary/aromatic N) is 2. The summed E-state index contributed by atoms with van der Waals surface area (Å²) in [6.45, 7) is 5.98. The van der Waals surface area contributed by atoms with Gasteiger partial charge in [-0.3, -0.25) is 0 Å². The fourth-order valence-corrected chi connectivity index (χ4v) is 3.11. The van der Waals surface area contributed by atoms with Crippen LogP contribution in [0.4, 0.5) is 4.79 Å². The molecule has 2 rings (SSSR count). The molecule has 21 heavy (non-hydrogen) atoms. The molecule has 2 aliphatic rings. The first kappa shape index (κ1) is 16.0. The second-order valence-electron chi connectivity index (χ2n) is 5.96. The van der Waals surface area contributed by atoms with E-state index in [4.69, 9.17) is 5.11 Å². The summed E-state index contributed by atoms with van der Waals surface area (Å²) in [6.07, 6.45) is 1.47. The lowest BCUT2D eigenvalue weighted by Gasteiger charge is -2.31. The minimum absolute atomic E-state index is 0.0943. The first-order valence-electron chi connectivity index (χ1n) is 7.69. The van der Waals surface area contributed by atoms with E-state index in [1.165, 1.54) is 4.90 Å². The number of likely N-dealkylation sites (tertiary alicyclic amines) is 2. The van der Waals surface area contributed by atoms with Crippen molar-refractivity contribution in [2.45, 2.75) is 38.3 Å². The lowest BCUT2D eigenvalue weighted by Crippen LogP contribution is -2.48. The number of carboxylic acids is 1. The normalized spacial score (nSPS) is 27.8. The van der Waals surface area contributed by atoms with Crippen molar-refractivity contribution < 1.29 is 19.8 Å². The Kier molecular flexibility index (Phi) is 5.41. The van der Waals surface area contributed by atoms with Crippen LogP contribution in [0, 0.1) is 5.92 Å². The number of aliphatic hydroxyl groups excluding tert-OH is 1. The topological polar surface area (TPSA) is 93.1 Å². The average Bonchev–Trinajstić information content (AvgIpc) is 2.87. The molecular formula is C14H25N3O4. The largest absolute Gasteiger partial charge is 0.480 e. The van der Waals surface area contributed by atoms with Gasteiger partial charge in [0.25, 0.3) is 0 Å². The number of hydrogen-bond acceptors (Lipinski definition) is 4. The third-order valence-corrected chi connectivity index (χ3v) is 4.52. The Hall–Kier alpha value is -1.34. The van der Waals surface area contributed by atoms with E-state index in [2.05, 4.69) is 17.1 Å². The molecular weight excluding hydrogens is 274 g/mol. The molecule has 2 atom stereocenters. The molecule has 0 saturated carbocycles. The summed E-state index contributed by atoms with van der Waals surface area (Å²) in [7, 11) is 0. The molecule has 7 heteroatoms. The van der Waals surface area contributed by atoms with Gasteiger partial charge in [-0.2, -0.15) is 0 Å². The monoisotopic (exact) mass is 299 g/mol. The van der Waals surface area contributed by atoms with Gasteiger partial charge >= 0.3 is 12.0 Å². The van der Waals surface area contributed by atoms with Crippen LogP contribution in [-0.2, 0) is 4.79 Å². The third-order valence-electron chi connectivity index (χ3n) is 4.52. The van der Waals surface area contributed by atoms with E-state index in [0.717, 1.165) is 32.5 Å². The summed E-state index contributed by atoms with van der Waals surface area (Å²) in [5.74, 6) is -0.606. The van der Waals surface area contributed by atoms with Crippen LogP contribution in [0.5, 0.6) is 0 Å². The first-order valence-corrected chi connectivity index (χ1v) is 7.69. The summed E-state index contributed by atoms with van der Waals surface area (Å²) < 4.78 is 0. The minimum atomic E-state index is -1.06. The van der Waals surface area contributed by atoms with Crippen LogP contribution >= 0.6 is 0 Å². The third kappa shape index (κ3) is 4.07. The van der Waals surface area contributed by atoms with Crippen LogP contribution in [0.2, 0.25) is 0 Å². The second-order valence-corrected chi connectivity index (χ2v) is 5.96. The summed E-state index contributed by atoms with van der Waals surface area (Å²) in [5, 5.41) is 21.5. The molecule has 2 heterocycles. The highest BCUT2D eigenvalue weighted by molar-refractivity contribution is 5.83. The maximum Gasteiger partial charge on any atom is 0.326 e. The van der Waals surface area contributed by atoms with Gasteiger partial charge in [-0.1, -0.05) is 6.92 Å². The van der Waals surface area contributed by atoms with E-state index in [1.807, 2.05) is 0 Å². The Morgan fingerprint density at radius 3 is 2.52 bits per heavy atom. The molecule has 1 unspecified atom stereocenters. The van der Waals surface area contributed by atoms with Crippen molar-refractivity contribution in [1.29, 1.82) is 0 Å². The zero-order chi connectivity index (χ0) is 15.4. The Morgan fingerprint density at radius 1 is 1.29 bits per heavy atom. The standard InChI is InChI=1S/C14H25N3O4/c1-2-16-5-3-10(4-6-16)8-15-14(21)17-9-11(18)7-12(17)13(19)20/h10-12,18H,2-9H2,1H3,(H,15,21)(H,19,20)/t11?,12-/m0/s1. The van der Waals surface area contributed by atoms with Crippen molar-refractivity contribution in [3.8, 4) is 0 Å². The van der Waals surface area contributed by atoms with Gasteiger partial charge in [0.1, 0.15) is 6.04 Å². The van der Waals surface area contributed by atoms with Gasteiger partial charge in [-0.05, 0) is 38.4 Å². The maximum absolute atomic E-state index is 12.1. The molecule has 2 amide bonds. The zero-order valence-corrected chi connectivity index (χ0v) is 12.5. The number of carboxylic acid groups (broad SMARTS) is 1. The molecule has 3 N–H and O–H groups in total. The summed E-state index contributed by atoms with van der Waals surface area (Å²) >= 11 is 0. The average molecular weight is 299 g/mol. The molecule has 0 aromatic carbocycles. The van der Waals surface area contributed by atoms with Crippen LogP contribution in [0.3, 0.4) is 0 Å². The lowest BCUT2D eigenvalue weighted by atomic mass is 9.97. The van der Waals surface area contributed by atoms with Crippen LogP contribution in [0.25, 0.3) is 0 Å². The van der Waals surface area contributed by atoms with Gasteiger partial charge in [0.05, 0.1) is 6.10 Å². The highest BCUT2D eigenvalue weighted by Crippen LogP contribution is 2.19. The van der Waals surface area contributed by atoms with E-state index in [0.29, 0.717) is 12.5 Å². The van der Waals surface area contributed by atoms with Gasteiger partial charge in [0.15, 0.2) is 0 Å². The summed E-state index contributed by atoms with van der Waals surface area (Å²) in [4.78, 5) is 26.8. The Balaban J connectivity index is 1.78. The number of piperidine rings is 1. The Labute approximate surface area is 124 Å². The second kappa shape index (κ2) is 7.09. The number of carbonyl (C=O) groups is 2. The Bertz CT molecular complexity index is 382. The molecule has 0 aromatic rings. The fraction of sp³-hybridized carbons (Fsp3) is 0.857. The SMILES string of the molecule is CCN1CCC(CNC(=O)N2CC(O)C[C@H]2C(=O)O)CC1. The van der Waals surface area contributed by atoms with E-state index in [9.17, 15) is 14.7 Å². The Morgan fingerprint density at radius 2 is 1.95 bits per heavy atom. The van der Waals surface area contributed by atoms with Crippen molar-refractivity contribution in [2.24, 2.45) is 5.92 Å². The van der Waals surface area contributed by atoms with Crippen molar-refractivity contribution in [1.82, 2.24) is 15.1 Å². The summed E-state index contributed by atoms with van der Waals surface area (Å²) in [6, 6.07) is -1.29. The van der Waals surface area contributed by atoms with Crippen LogP contribution in [-0.4, -0.2) is 76.9 Å². The number of rotatable bonds is 4. The number of hydrogen-bond donors (Lipinski definition) is 3. The van der Waals surface area contributed by atoms with Crippen LogP contribution in [0.15, 0.2) is 0 Å². The number of aliphatic carboxylic acids is 1. The van der Waals surface area contributed by atoms with Crippen molar-refractivity contribution >= 4 is 12.0 Å². The minimum Gasteiger partial charge on any atom is -0.480 e. The number of aliphatic hydroxyl groups is 1. The number of urea groups is 1. The molecule has 2 aliphatic heterocycles. The maximum atomic E-state index is 12.1. The smallest absolute Gasteiger partial charge is 0.326 e. The van der Waals surface area contributed by atoms with Gasteiger partial charge in [0, 0.05) is 19.5 Å². The molecule has 2 saturated heterocycles. The van der Waals surface area contributed by atoms with E-state index < -0.39 is 18.1 Å². The highest BCUT2D eigenvalue weighted by Gasteiger charge is 2.39. The lowest BCUT2D eigenvalue weighted by molar-refractivity contribution is -0.141. The summed E-state index contributed by atoms with van der Waals surface area (Å²) in [5.41, 5.74) is 0.